The topological polar surface area (TPSA) is 102 Å². The molecular weight excluding hydrogens is 689 g/mol. The highest BCUT2D eigenvalue weighted by Gasteiger charge is 2.70. The first kappa shape index (κ1) is 39.8. The summed E-state index contributed by atoms with van der Waals surface area (Å²) in [6, 6.07) is 7.46. The molecular formula is C47H66N2O6. The number of allylic oxidation sites excluding steroid dienone is 2. The van der Waals surface area contributed by atoms with E-state index in [0.29, 0.717) is 42.2 Å². The molecule has 1 unspecified atom stereocenters. The predicted octanol–water partition coefficient (Wildman–Crippen LogP) is 8.79. The van der Waals surface area contributed by atoms with Gasteiger partial charge in [0.05, 0.1) is 25.2 Å². The molecule has 10 atom stereocenters. The molecule has 1 saturated heterocycles. The summed E-state index contributed by atoms with van der Waals surface area (Å²) in [7, 11) is 2.79. The van der Waals surface area contributed by atoms with Gasteiger partial charge in [0.2, 0.25) is 11.8 Å². The Morgan fingerprint density at radius 1 is 0.855 bits per heavy atom. The Labute approximate surface area is 329 Å². The second-order valence-corrected chi connectivity index (χ2v) is 19.7. The van der Waals surface area contributed by atoms with E-state index in [1.165, 1.54) is 51.0 Å². The largest absolute Gasteiger partial charge is 0.467 e. The van der Waals surface area contributed by atoms with Gasteiger partial charge < -0.3 is 19.7 Å². The van der Waals surface area contributed by atoms with Gasteiger partial charge in [0.15, 0.2) is 0 Å². The summed E-state index contributed by atoms with van der Waals surface area (Å²) in [5, 5.41) is 3.25. The smallest absolute Gasteiger partial charge is 0.337 e. The average molecular weight is 755 g/mol. The van der Waals surface area contributed by atoms with Crippen molar-refractivity contribution < 1.29 is 28.7 Å². The highest BCUT2D eigenvalue weighted by Crippen LogP contribution is 2.77. The van der Waals surface area contributed by atoms with Crippen molar-refractivity contribution in [3.05, 3.63) is 53.6 Å². The Morgan fingerprint density at radius 3 is 2.22 bits per heavy atom. The van der Waals surface area contributed by atoms with Crippen LogP contribution in [0.2, 0.25) is 0 Å². The monoisotopic (exact) mass is 754 g/mol. The zero-order valence-electron chi connectivity index (χ0n) is 34.9. The maximum Gasteiger partial charge on any atom is 0.337 e. The molecule has 1 aliphatic heterocycles. The Hall–Kier alpha value is -3.42. The number of rotatable bonds is 8. The van der Waals surface area contributed by atoms with E-state index in [2.05, 4.69) is 71.6 Å². The van der Waals surface area contributed by atoms with Gasteiger partial charge in [-0.15, -0.1) is 0 Å². The van der Waals surface area contributed by atoms with E-state index in [0.717, 1.165) is 44.1 Å². The molecule has 300 valence electrons. The first-order chi connectivity index (χ1) is 26.0. The number of hydrogen-bond acceptors (Lipinski definition) is 6. The number of nitrogens with one attached hydrogen (secondary N) is 1. The number of carbonyl (C=O) groups is 4. The summed E-state index contributed by atoms with van der Waals surface area (Å²) in [5.41, 5.74) is 3.88. The van der Waals surface area contributed by atoms with Gasteiger partial charge in [0, 0.05) is 19.5 Å². The molecule has 6 aliphatic rings. The van der Waals surface area contributed by atoms with Crippen molar-refractivity contribution >= 4 is 29.3 Å². The van der Waals surface area contributed by atoms with E-state index in [4.69, 9.17) is 9.47 Å². The molecule has 5 aliphatic carbocycles. The number of fused-ring (bicyclic) bond motifs is 7. The summed E-state index contributed by atoms with van der Waals surface area (Å²) in [5.74, 6) is 1.56. The number of methoxy groups -OCH3 is 2. The van der Waals surface area contributed by atoms with Crippen LogP contribution in [0, 0.1) is 56.7 Å². The standard InChI is InChI=1S/C47H66N2O6/c1-29(2)47(42(53)48-27-22-38(50)49-28-10-11-35(49)41(52)55-9)26-19-31-18-24-45(6)34(39(31)47)16-17-37-44(5)23-20-33(30-12-14-32(15-13-30)40(51)54-8)43(3,4)36(44)21-25-46(37,45)7/h12-15,20,31,34-37,39H,1,10-11,16-19,21-28H2,2-9H3,(H,48,53)/t31-,34+,35?,36-,37+,39+,44-,45+,46+,47-/m0/s1. The molecule has 0 aromatic heterocycles. The van der Waals surface area contributed by atoms with E-state index in [-0.39, 0.29) is 64.3 Å². The van der Waals surface area contributed by atoms with Crippen LogP contribution < -0.4 is 5.32 Å². The second-order valence-electron chi connectivity index (χ2n) is 19.7. The van der Waals surface area contributed by atoms with Crippen molar-refractivity contribution in [1.82, 2.24) is 10.2 Å². The summed E-state index contributed by atoms with van der Waals surface area (Å²) in [4.78, 5) is 54.0. The lowest BCUT2D eigenvalue weighted by Gasteiger charge is -2.72. The minimum Gasteiger partial charge on any atom is -0.467 e. The van der Waals surface area contributed by atoms with Gasteiger partial charge in [-0.25, -0.2) is 9.59 Å². The zero-order chi connectivity index (χ0) is 39.7. The quantitative estimate of drug-likeness (QED) is 0.210. The SMILES string of the molecule is C=C(C)[C@@]1(C(=O)NCCC(=O)N2CCCC2C(=O)OC)CC[C@@H]2CC[C@]3(C)[C@H](CC[C@@H]4[C@@]5(C)CC=C(c6ccc(C(=O)OC)cc6)C(C)(C)[C@@H]5CC[C@]43C)[C@@H]21. The van der Waals surface area contributed by atoms with Gasteiger partial charge in [-0.05, 0) is 152 Å². The van der Waals surface area contributed by atoms with Crippen LogP contribution in [-0.4, -0.2) is 62.0 Å². The number of carbonyl (C=O) groups excluding carboxylic acids is 4. The van der Waals surface area contributed by atoms with E-state index in [1.807, 2.05) is 12.1 Å². The third-order valence-corrected chi connectivity index (χ3v) is 17.4. The highest BCUT2D eigenvalue weighted by atomic mass is 16.5. The fourth-order valence-corrected chi connectivity index (χ4v) is 14.7. The highest BCUT2D eigenvalue weighted by molar-refractivity contribution is 5.90. The Kier molecular flexibility index (Phi) is 10.3. The second kappa shape index (κ2) is 14.2. The van der Waals surface area contributed by atoms with Crippen molar-refractivity contribution in [3.63, 3.8) is 0 Å². The van der Waals surface area contributed by atoms with Gasteiger partial charge in [0.1, 0.15) is 6.04 Å². The number of ether oxygens (including phenoxy) is 2. The minimum atomic E-state index is -0.638. The van der Waals surface area contributed by atoms with Crippen molar-refractivity contribution in [2.75, 3.05) is 27.3 Å². The van der Waals surface area contributed by atoms with E-state index >= 15 is 0 Å². The molecule has 0 bridgehead atoms. The molecule has 1 aromatic rings. The Morgan fingerprint density at radius 2 is 1.55 bits per heavy atom. The summed E-state index contributed by atoms with van der Waals surface area (Å²) < 4.78 is 9.91. The van der Waals surface area contributed by atoms with Gasteiger partial charge in [-0.3, -0.25) is 9.59 Å². The summed E-state index contributed by atoms with van der Waals surface area (Å²) in [6.45, 7) is 20.2. The van der Waals surface area contributed by atoms with E-state index in [9.17, 15) is 19.2 Å². The first-order valence-electron chi connectivity index (χ1n) is 21.2. The van der Waals surface area contributed by atoms with Crippen LogP contribution >= 0.6 is 0 Å². The van der Waals surface area contributed by atoms with Crippen molar-refractivity contribution in [2.45, 2.75) is 125 Å². The zero-order valence-corrected chi connectivity index (χ0v) is 34.9. The third-order valence-electron chi connectivity index (χ3n) is 17.4. The number of likely N-dealkylation sites (tertiary alicyclic amines) is 1. The predicted molar refractivity (Wildman–Crippen MR) is 214 cm³/mol. The lowest BCUT2D eigenvalue weighted by Crippen LogP contribution is -2.65. The normalized spacial score (nSPS) is 38.7. The Balaban J connectivity index is 1.12. The number of amides is 2. The molecule has 1 heterocycles. The van der Waals surface area contributed by atoms with Gasteiger partial charge >= 0.3 is 11.9 Å². The van der Waals surface area contributed by atoms with Crippen molar-refractivity contribution in [3.8, 4) is 0 Å². The maximum absolute atomic E-state index is 14.7. The van der Waals surface area contributed by atoms with Crippen LogP contribution in [0.3, 0.4) is 0 Å². The fourth-order valence-electron chi connectivity index (χ4n) is 14.7. The molecule has 0 radical (unpaired) electrons. The lowest BCUT2D eigenvalue weighted by molar-refractivity contribution is -0.219. The molecule has 5 fully saturated rings. The van der Waals surface area contributed by atoms with E-state index < -0.39 is 11.5 Å². The van der Waals surface area contributed by atoms with Crippen LogP contribution in [0.15, 0.2) is 42.5 Å². The summed E-state index contributed by atoms with van der Waals surface area (Å²) in [6.07, 6.45) is 14.1. The number of nitrogens with zero attached hydrogens (tertiary/aromatic N) is 1. The van der Waals surface area contributed by atoms with Crippen LogP contribution in [0.25, 0.3) is 5.57 Å². The lowest BCUT2D eigenvalue weighted by atomic mass is 9.33. The number of esters is 2. The maximum atomic E-state index is 14.7. The molecule has 8 heteroatoms. The van der Waals surface area contributed by atoms with Crippen molar-refractivity contribution in [1.29, 1.82) is 0 Å². The van der Waals surface area contributed by atoms with Crippen LogP contribution in [0.1, 0.15) is 135 Å². The Bertz CT molecular complexity index is 1760. The molecule has 1 N–H and O–H groups in total. The average Bonchev–Trinajstić information content (AvgIpc) is 3.81. The van der Waals surface area contributed by atoms with Gasteiger partial charge in [-0.1, -0.05) is 65.0 Å². The fraction of sp³-hybridized carbons (Fsp3) is 0.702. The number of benzene rings is 1. The first-order valence-corrected chi connectivity index (χ1v) is 21.2. The summed E-state index contributed by atoms with van der Waals surface area (Å²) >= 11 is 0. The van der Waals surface area contributed by atoms with Crippen LogP contribution in [0.4, 0.5) is 0 Å². The van der Waals surface area contributed by atoms with Crippen LogP contribution in [0.5, 0.6) is 0 Å². The van der Waals surface area contributed by atoms with Crippen molar-refractivity contribution in [2.24, 2.45) is 56.7 Å². The van der Waals surface area contributed by atoms with Gasteiger partial charge in [-0.2, -0.15) is 0 Å². The molecule has 4 saturated carbocycles. The minimum absolute atomic E-state index is 0.0223. The van der Waals surface area contributed by atoms with Gasteiger partial charge in [0.25, 0.3) is 0 Å². The molecule has 7 rings (SSSR count). The molecule has 1 aromatic carbocycles. The van der Waals surface area contributed by atoms with Crippen LogP contribution in [-0.2, 0) is 23.9 Å². The molecule has 2 amide bonds. The molecule has 55 heavy (non-hydrogen) atoms. The molecule has 0 spiro atoms. The van der Waals surface area contributed by atoms with E-state index in [1.54, 1.807) is 4.90 Å². The third kappa shape index (κ3) is 5.87. The number of hydrogen-bond donors (Lipinski definition) is 1. The molecule has 8 nitrogen and oxygen atoms in total.